The number of methoxy groups -OCH3 is 2. The maximum atomic E-state index is 14.4. The van der Waals surface area contributed by atoms with Crippen molar-refractivity contribution in [1.82, 2.24) is 0 Å². The molecule has 4 aromatic rings. The van der Waals surface area contributed by atoms with E-state index < -0.39 is 44.1 Å². The van der Waals surface area contributed by atoms with Crippen LogP contribution in [0.2, 0.25) is 25.7 Å². The van der Waals surface area contributed by atoms with Crippen molar-refractivity contribution >= 4 is 39.4 Å². The monoisotopic (exact) mass is 936 g/mol. The molecule has 0 unspecified atom stereocenters. The van der Waals surface area contributed by atoms with E-state index in [-0.39, 0.29) is 45.5 Å². The number of esters is 2. The van der Waals surface area contributed by atoms with Crippen molar-refractivity contribution in [3.05, 3.63) is 119 Å². The van der Waals surface area contributed by atoms with Crippen molar-refractivity contribution in [2.75, 3.05) is 27.6 Å². The SMILES string of the molecule is [3H][C@@H](C)[C@H](C)CC[C@H](OC(=O)c1ccccc1)[C@H]1OC(C)(C)O[C@H]1CC[C@H]([Se]c1ccccc1)c1cc(OCc2ccc(OC)cc2)cc(OCOC)c1C(=O)OCC[Si](C)(C)C. The maximum absolute atomic E-state index is 14.4. The molecule has 1 aliphatic heterocycles. The summed E-state index contributed by atoms with van der Waals surface area (Å²) in [7, 11) is 1.65. The average Bonchev–Trinajstić information content (AvgIpc) is 3.58. The van der Waals surface area contributed by atoms with Crippen molar-refractivity contribution in [2.45, 2.75) is 121 Å². The molecule has 0 N–H and O–H groups in total. The molecule has 0 bridgehead atoms. The normalized spacial score (nSPS) is 18.2. The summed E-state index contributed by atoms with van der Waals surface area (Å²) < 4.78 is 58.6. The molecule has 6 atom stereocenters. The van der Waals surface area contributed by atoms with E-state index in [1.54, 1.807) is 32.4 Å². The molecule has 62 heavy (non-hydrogen) atoms. The number of rotatable bonds is 24. The van der Waals surface area contributed by atoms with Gasteiger partial charge in [-0.25, -0.2) is 0 Å². The second-order valence-corrected chi connectivity index (χ2v) is 25.7. The molecule has 0 aliphatic carbocycles. The molecule has 336 valence electrons. The van der Waals surface area contributed by atoms with Gasteiger partial charge in [0.1, 0.15) is 0 Å². The Balaban J connectivity index is 1.55. The predicted molar refractivity (Wildman–Crippen MR) is 247 cm³/mol. The summed E-state index contributed by atoms with van der Waals surface area (Å²) in [6, 6.07) is 31.4. The van der Waals surface area contributed by atoms with E-state index >= 15 is 0 Å². The fraction of sp³-hybridized carbons (Fsp3) is 0.480. The van der Waals surface area contributed by atoms with Crippen LogP contribution in [0.5, 0.6) is 17.2 Å². The van der Waals surface area contributed by atoms with Crippen LogP contribution >= 0.6 is 0 Å². The van der Waals surface area contributed by atoms with Gasteiger partial charge >= 0.3 is 379 Å². The van der Waals surface area contributed by atoms with Crippen LogP contribution in [0.15, 0.2) is 97.1 Å². The van der Waals surface area contributed by atoms with E-state index in [9.17, 15) is 9.59 Å². The Labute approximate surface area is 377 Å². The van der Waals surface area contributed by atoms with E-state index in [1.165, 1.54) is 0 Å². The molecule has 1 heterocycles. The van der Waals surface area contributed by atoms with Gasteiger partial charge in [0.25, 0.3) is 0 Å². The van der Waals surface area contributed by atoms with Gasteiger partial charge in [-0.15, -0.1) is 0 Å². The fourth-order valence-electron chi connectivity index (χ4n) is 7.14. The quantitative estimate of drug-likeness (QED) is 0.0383. The number of carbonyl (C=O) groups is 2. The van der Waals surface area contributed by atoms with Gasteiger partial charge in [0.2, 0.25) is 0 Å². The van der Waals surface area contributed by atoms with Gasteiger partial charge in [-0.3, -0.25) is 0 Å². The Kier molecular flexibility index (Phi) is 17.9. The Hall–Kier alpha value is -4.16. The molecule has 0 aromatic heterocycles. The molecule has 1 fully saturated rings. The van der Waals surface area contributed by atoms with E-state index in [1.807, 2.05) is 94.4 Å². The second-order valence-electron chi connectivity index (χ2n) is 17.4. The number of hydrogen-bond acceptors (Lipinski definition) is 10. The van der Waals surface area contributed by atoms with E-state index in [4.69, 9.17) is 39.3 Å². The molecule has 12 heteroatoms. The zero-order valence-electron chi connectivity index (χ0n) is 38.8. The van der Waals surface area contributed by atoms with Crippen molar-refractivity contribution < 1.29 is 48.9 Å². The Morgan fingerprint density at radius 2 is 1.55 bits per heavy atom. The summed E-state index contributed by atoms with van der Waals surface area (Å²) in [6.07, 6.45) is 0.304. The van der Waals surface area contributed by atoms with Gasteiger partial charge in [0.15, 0.2) is 0 Å². The first-order valence-electron chi connectivity index (χ1n) is 22.1. The third kappa shape index (κ3) is 15.0. The minimum absolute atomic E-state index is 0.0762. The fourth-order valence-corrected chi connectivity index (χ4v) is 10.4. The van der Waals surface area contributed by atoms with Gasteiger partial charge < -0.3 is 0 Å². The van der Waals surface area contributed by atoms with Crippen LogP contribution in [0.25, 0.3) is 0 Å². The summed E-state index contributed by atoms with van der Waals surface area (Å²) in [4.78, 5) is 27.9. The first-order valence-corrected chi connectivity index (χ1v) is 27.1. The summed E-state index contributed by atoms with van der Waals surface area (Å²) >= 11 is -0.203. The number of ether oxygens (including phenoxy) is 8. The van der Waals surface area contributed by atoms with Crippen molar-refractivity contribution in [1.29, 1.82) is 0 Å². The molecule has 1 saturated heterocycles. The van der Waals surface area contributed by atoms with Crippen LogP contribution in [-0.4, -0.2) is 86.7 Å². The standard InChI is InChI=1S/C50H66O10SeSi/c1-10-35(2)21-26-42(58-48(51)37-17-13-11-14-18-37)47-43(59-50(3,4)60-47)27-28-45(61-40-19-15-12-16-20-40)41-31-39(56-33-36-22-24-38(54-6)25-23-36)32-44(57-34-53-5)46(41)49(52)55-29-30-62(7,8)9/h11-20,22-25,31-32,35,42-43,45,47H,10,21,26-30,33-34H2,1-9H3/t35-,42-,43-,45-,47+/m0/s1/i10T/t10-,35-,42-,43-,45-,47+. The van der Waals surface area contributed by atoms with Crippen LogP contribution in [-0.2, 0) is 30.3 Å². The van der Waals surface area contributed by atoms with E-state index in [0.29, 0.717) is 54.9 Å². The first-order chi connectivity index (χ1) is 30.1. The number of hydrogen-bond donors (Lipinski definition) is 0. The molecular weight excluding hydrogens is 868 g/mol. The molecular formula is C50H66O10SeSi. The molecule has 0 saturated carbocycles. The van der Waals surface area contributed by atoms with Gasteiger partial charge in [0.05, 0.1) is 0 Å². The van der Waals surface area contributed by atoms with Crippen LogP contribution in [0, 0.1) is 5.92 Å². The van der Waals surface area contributed by atoms with Crippen molar-refractivity contribution in [2.24, 2.45) is 5.92 Å². The van der Waals surface area contributed by atoms with Crippen LogP contribution < -0.4 is 18.7 Å². The molecule has 0 amide bonds. The third-order valence-electron chi connectivity index (χ3n) is 10.7. The van der Waals surface area contributed by atoms with E-state index in [0.717, 1.165) is 27.4 Å². The summed E-state index contributed by atoms with van der Waals surface area (Å²) in [5.41, 5.74) is 2.48. The zero-order valence-corrected chi connectivity index (χ0v) is 40.6. The number of carbonyl (C=O) groups excluding carboxylic acids is 2. The summed E-state index contributed by atoms with van der Waals surface area (Å²) in [6.45, 7) is 14.9. The van der Waals surface area contributed by atoms with Gasteiger partial charge in [-0.2, -0.15) is 0 Å². The number of benzene rings is 4. The average molecular weight is 936 g/mol. The Morgan fingerprint density at radius 3 is 2.19 bits per heavy atom. The second kappa shape index (κ2) is 23.5. The molecule has 10 nitrogen and oxygen atoms in total. The third-order valence-corrected chi connectivity index (χ3v) is 15.2. The van der Waals surface area contributed by atoms with Crippen molar-refractivity contribution in [3.8, 4) is 17.2 Å². The summed E-state index contributed by atoms with van der Waals surface area (Å²) in [5.74, 6) is -0.179. The molecule has 0 radical (unpaired) electrons. The van der Waals surface area contributed by atoms with E-state index in [2.05, 4.69) is 31.8 Å². The summed E-state index contributed by atoms with van der Waals surface area (Å²) in [5, 5.41) is 0. The minimum atomic E-state index is -1.53. The van der Waals surface area contributed by atoms with Crippen LogP contribution in [0.1, 0.15) is 97.8 Å². The Bertz CT molecular complexity index is 2030. The van der Waals surface area contributed by atoms with Gasteiger partial charge in [-0.1, -0.05) is 0 Å². The molecule has 1 aliphatic rings. The topological polar surface area (TPSA) is 108 Å². The van der Waals surface area contributed by atoms with Crippen LogP contribution in [0.4, 0.5) is 0 Å². The van der Waals surface area contributed by atoms with Gasteiger partial charge in [0, 0.05) is 0 Å². The van der Waals surface area contributed by atoms with Crippen LogP contribution in [0.3, 0.4) is 0 Å². The molecule has 4 aromatic carbocycles. The molecule has 5 rings (SSSR count). The van der Waals surface area contributed by atoms with Crippen molar-refractivity contribution in [3.63, 3.8) is 0 Å². The Morgan fingerprint density at radius 1 is 0.855 bits per heavy atom. The van der Waals surface area contributed by atoms with Gasteiger partial charge in [-0.05, 0) is 0 Å². The zero-order chi connectivity index (χ0) is 45.6. The first kappa shape index (κ1) is 47.3. The predicted octanol–water partition coefficient (Wildman–Crippen LogP) is 10.2. The molecule has 0 spiro atoms.